The van der Waals surface area contributed by atoms with E-state index < -0.39 is 21.2 Å². The monoisotopic (exact) mass is 502 g/mol. The predicted molar refractivity (Wildman–Crippen MR) is 128 cm³/mol. The summed E-state index contributed by atoms with van der Waals surface area (Å²) < 4.78 is 54.0. The zero-order valence-electron chi connectivity index (χ0n) is 19.9. The van der Waals surface area contributed by atoms with Gasteiger partial charge >= 0.3 is 5.97 Å². The first-order valence-corrected chi connectivity index (χ1v) is 11.8. The summed E-state index contributed by atoms with van der Waals surface area (Å²) in [6, 6.07) is 10.6. The molecule has 1 aromatic heterocycles. The van der Waals surface area contributed by atoms with Crippen molar-refractivity contribution in [3.63, 3.8) is 0 Å². The SMILES string of the molecule is COC(=O)c1cc(OC)c(OC)c(OC)c1NC(c1cccnc1)S(=O)(=O)c1ccc(OC)cc1. The molecule has 1 atom stereocenters. The van der Waals surface area contributed by atoms with Gasteiger partial charge < -0.3 is 29.0 Å². The number of carbonyl (C=O) groups excluding carboxylic acids is 1. The first-order valence-electron chi connectivity index (χ1n) is 10.3. The van der Waals surface area contributed by atoms with Crippen LogP contribution in [0.4, 0.5) is 5.69 Å². The molecule has 0 aliphatic carbocycles. The average Bonchev–Trinajstić information content (AvgIpc) is 2.90. The standard InChI is InChI=1S/C24H26N2O8S/c1-30-16-8-10-17(11-9-16)35(28,29)23(15-7-6-12-25-14-15)26-20-18(24(27)34-5)13-19(31-2)21(32-3)22(20)33-4/h6-14,23,26H,1-5H3. The van der Waals surface area contributed by atoms with Crippen LogP contribution in [0.5, 0.6) is 23.0 Å². The van der Waals surface area contributed by atoms with Crippen LogP contribution in [-0.2, 0) is 14.6 Å². The van der Waals surface area contributed by atoms with Gasteiger partial charge in [-0.25, -0.2) is 13.2 Å². The lowest BCUT2D eigenvalue weighted by Gasteiger charge is -2.25. The summed E-state index contributed by atoms with van der Waals surface area (Å²) in [6.45, 7) is 0. The lowest BCUT2D eigenvalue weighted by molar-refractivity contribution is 0.0601. The van der Waals surface area contributed by atoms with Crippen molar-refractivity contribution in [3.8, 4) is 23.0 Å². The molecule has 10 nitrogen and oxygen atoms in total. The number of nitrogens with one attached hydrogen (secondary N) is 1. The minimum absolute atomic E-state index is 0.0131. The summed E-state index contributed by atoms with van der Waals surface area (Å²) in [6.07, 6.45) is 2.95. The van der Waals surface area contributed by atoms with Crippen LogP contribution in [0, 0.1) is 0 Å². The van der Waals surface area contributed by atoms with Crippen molar-refractivity contribution in [2.24, 2.45) is 0 Å². The van der Waals surface area contributed by atoms with Gasteiger partial charge in [0.15, 0.2) is 16.9 Å². The molecule has 1 heterocycles. The van der Waals surface area contributed by atoms with Crippen molar-refractivity contribution >= 4 is 21.5 Å². The second-order valence-electron chi connectivity index (χ2n) is 7.09. The van der Waals surface area contributed by atoms with Crippen LogP contribution in [0.1, 0.15) is 21.3 Å². The number of benzene rings is 2. The molecular weight excluding hydrogens is 476 g/mol. The van der Waals surface area contributed by atoms with Gasteiger partial charge in [-0.3, -0.25) is 4.98 Å². The number of esters is 1. The Bertz CT molecular complexity index is 1280. The van der Waals surface area contributed by atoms with Crippen LogP contribution in [0.25, 0.3) is 0 Å². The summed E-state index contributed by atoms with van der Waals surface area (Å²) >= 11 is 0. The van der Waals surface area contributed by atoms with Gasteiger partial charge in [-0.05, 0) is 30.3 Å². The highest BCUT2D eigenvalue weighted by Gasteiger charge is 2.34. The van der Waals surface area contributed by atoms with E-state index in [0.717, 1.165) is 0 Å². The molecule has 35 heavy (non-hydrogen) atoms. The average molecular weight is 503 g/mol. The molecule has 0 spiro atoms. The highest BCUT2D eigenvalue weighted by molar-refractivity contribution is 7.91. The Hall–Kier alpha value is -3.99. The highest BCUT2D eigenvalue weighted by atomic mass is 32.2. The van der Waals surface area contributed by atoms with Gasteiger partial charge in [0, 0.05) is 24.0 Å². The van der Waals surface area contributed by atoms with Gasteiger partial charge in [0.2, 0.25) is 15.6 Å². The minimum Gasteiger partial charge on any atom is -0.497 e. The lowest BCUT2D eigenvalue weighted by atomic mass is 10.1. The molecule has 3 aromatic rings. The molecule has 0 aliphatic heterocycles. The maximum atomic E-state index is 13.8. The van der Waals surface area contributed by atoms with E-state index in [-0.39, 0.29) is 33.4 Å². The molecule has 1 N–H and O–H groups in total. The summed E-state index contributed by atoms with van der Waals surface area (Å²) in [7, 11) is 2.78. The highest BCUT2D eigenvalue weighted by Crippen LogP contribution is 2.47. The Labute approximate surface area is 203 Å². The van der Waals surface area contributed by atoms with Crippen molar-refractivity contribution in [1.82, 2.24) is 4.98 Å². The number of rotatable bonds is 10. The van der Waals surface area contributed by atoms with E-state index in [4.69, 9.17) is 23.7 Å². The fraction of sp³-hybridized carbons (Fsp3) is 0.250. The molecule has 1 unspecified atom stereocenters. The van der Waals surface area contributed by atoms with Gasteiger partial charge in [0.25, 0.3) is 0 Å². The number of nitrogens with zero attached hydrogens (tertiary/aromatic N) is 1. The number of pyridine rings is 1. The number of ether oxygens (including phenoxy) is 5. The second kappa shape index (κ2) is 11.0. The van der Waals surface area contributed by atoms with Gasteiger partial charge in [-0.1, -0.05) is 6.07 Å². The number of hydrogen-bond donors (Lipinski definition) is 1. The first-order chi connectivity index (χ1) is 16.8. The van der Waals surface area contributed by atoms with Crippen LogP contribution in [-0.4, -0.2) is 54.9 Å². The van der Waals surface area contributed by atoms with Crippen molar-refractivity contribution in [2.45, 2.75) is 10.3 Å². The summed E-state index contributed by atoms with van der Waals surface area (Å²) in [5, 5.41) is 1.61. The van der Waals surface area contributed by atoms with Crippen molar-refractivity contribution in [1.29, 1.82) is 0 Å². The second-order valence-corrected chi connectivity index (χ2v) is 9.12. The zero-order chi connectivity index (χ0) is 25.6. The maximum absolute atomic E-state index is 13.8. The molecule has 11 heteroatoms. The molecule has 0 fully saturated rings. The Kier molecular flexibility index (Phi) is 8.02. The van der Waals surface area contributed by atoms with Crippen LogP contribution in [0.15, 0.2) is 59.8 Å². The Morgan fingerprint density at radius 2 is 1.60 bits per heavy atom. The Balaban J connectivity index is 2.26. The van der Waals surface area contributed by atoms with Crippen LogP contribution in [0.3, 0.4) is 0 Å². The number of hydrogen-bond acceptors (Lipinski definition) is 10. The van der Waals surface area contributed by atoms with Crippen LogP contribution >= 0.6 is 0 Å². The molecule has 0 radical (unpaired) electrons. The van der Waals surface area contributed by atoms with E-state index in [1.54, 1.807) is 24.3 Å². The fourth-order valence-corrected chi connectivity index (χ4v) is 5.03. The van der Waals surface area contributed by atoms with Gasteiger partial charge in [-0.2, -0.15) is 0 Å². The zero-order valence-corrected chi connectivity index (χ0v) is 20.7. The quantitative estimate of drug-likeness (QED) is 0.412. The van der Waals surface area contributed by atoms with Crippen molar-refractivity contribution in [3.05, 3.63) is 66.0 Å². The van der Waals surface area contributed by atoms with E-state index in [1.165, 1.54) is 66.1 Å². The first kappa shape index (κ1) is 25.6. The van der Waals surface area contributed by atoms with E-state index in [1.807, 2.05) is 0 Å². The van der Waals surface area contributed by atoms with Gasteiger partial charge in [0.05, 0.1) is 51.7 Å². The molecule has 0 saturated heterocycles. The largest absolute Gasteiger partial charge is 0.497 e. The molecule has 186 valence electrons. The summed E-state index contributed by atoms with van der Waals surface area (Å²) in [5.74, 6) is 0.192. The fourth-order valence-electron chi connectivity index (χ4n) is 3.47. The van der Waals surface area contributed by atoms with Crippen LogP contribution < -0.4 is 24.3 Å². The third kappa shape index (κ3) is 5.09. The third-order valence-electron chi connectivity index (χ3n) is 5.20. The lowest BCUT2D eigenvalue weighted by Crippen LogP contribution is -2.24. The molecule has 0 saturated carbocycles. The van der Waals surface area contributed by atoms with E-state index in [2.05, 4.69) is 10.3 Å². The molecule has 0 bridgehead atoms. The summed E-state index contributed by atoms with van der Waals surface area (Å²) in [4.78, 5) is 16.8. The maximum Gasteiger partial charge on any atom is 0.340 e. The Morgan fingerprint density at radius 1 is 0.914 bits per heavy atom. The van der Waals surface area contributed by atoms with Crippen molar-refractivity contribution in [2.75, 3.05) is 40.9 Å². The molecule has 2 aromatic carbocycles. The Morgan fingerprint density at radius 3 is 2.11 bits per heavy atom. The predicted octanol–water partition coefficient (Wildman–Crippen LogP) is 3.49. The topological polar surface area (TPSA) is 122 Å². The number of aromatic nitrogens is 1. The van der Waals surface area contributed by atoms with Gasteiger partial charge in [0.1, 0.15) is 5.75 Å². The molecular formula is C24H26N2O8S. The van der Waals surface area contributed by atoms with Gasteiger partial charge in [-0.15, -0.1) is 0 Å². The summed E-state index contributed by atoms with van der Waals surface area (Å²) in [5.41, 5.74) is 0.361. The number of anilines is 1. The van der Waals surface area contributed by atoms with E-state index >= 15 is 0 Å². The molecule has 0 aliphatic rings. The molecule has 0 amide bonds. The number of methoxy groups -OCH3 is 5. The normalized spacial score (nSPS) is 11.8. The van der Waals surface area contributed by atoms with Crippen molar-refractivity contribution < 1.29 is 36.9 Å². The van der Waals surface area contributed by atoms with E-state index in [0.29, 0.717) is 11.3 Å². The minimum atomic E-state index is -4.07. The van der Waals surface area contributed by atoms with E-state index in [9.17, 15) is 13.2 Å². The third-order valence-corrected chi connectivity index (χ3v) is 7.14. The number of carbonyl (C=O) groups is 1. The van der Waals surface area contributed by atoms with Crippen LogP contribution in [0.2, 0.25) is 0 Å². The smallest absolute Gasteiger partial charge is 0.340 e. The number of sulfone groups is 1. The molecule has 3 rings (SSSR count).